The summed E-state index contributed by atoms with van der Waals surface area (Å²) in [5, 5.41) is 0. The SMILES string of the molecule is CC/C(C=Cc1c(F)ccc(N)c1F)=C\N(C)C(N)C=O. The van der Waals surface area contributed by atoms with Crippen molar-refractivity contribution < 1.29 is 13.6 Å². The van der Waals surface area contributed by atoms with Gasteiger partial charge in [-0.2, -0.15) is 0 Å². The Hall–Kier alpha value is -2.21. The molecule has 1 aromatic carbocycles. The van der Waals surface area contributed by atoms with E-state index in [-0.39, 0.29) is 11.3 Å². The predicted octanol–water partition coefficient (Wildman–Crippen LogP) is 2.27. The van der Waals surface area contributed by atoms with Gasteiger partial charge >= 0.3 is 0 Å². The average Bonchev–Trinajstić information content (AvgIpc) is 2.48. The number of aldehydes is 1. The van der Waals surface area contributed by atoms with Crippen LogP contribution in [-0.2, 0) is 4.79 Å². The van der Waals surface area contributed by atoms with E-state index in [9.17, 15) is 13.6 Å². The number of benzene rings is 1. The van der Waals surface area contributed by atoms with Gasteiger partial charge in [-0.25, -0.2) is 8.78 Å². The lowest BCUT2D eigenvalue weighted by molar-refractivity contribution is -0.111. The van der Waals surface area contributed by atoms with Gasteiger partial charge in [0.1, 0.15) is 12.0 Å². The first kappa shape index (κ1) is 16.8. The van der Waals surface area contributed by atoms with Crippen LogP contribution >= 0.6 is 0 Å². The van der Waals surface area contributed by atoms with Crippen molar-refractivity contribution >= 4 is 18.0 Å². The van der Waals surface area contributed by atoms with E-state index >= 15 is 0 Å². The zero-order chi connectivity index (χ0) is 16.0. The Morgan fingerprint density at radius 2 is 2.10 bits per heavy atom. The molecule has 0 spiro atoms. The van der Waals surface area contributed by atoms with Gasteiger partial charge in [0.05, 0.1) is 5.69 Å². The number of likely N-dealkylation sites (N-methyl/N-ethyl adjacent to an activating group) is 1. The molecule has 6 heteroatoms. The molecule has 0 heterocycles. The molecule has 1 atom stereocenters. The topological polar surface area (TPSA) is 72.3 Å². The van der Waals surface area contributed by atoms with Gasteiger partial charge in [0, 0.05) is 18.8 Å². The monoisotopic (exact) mass is 295 g/mol. The number of nitrogen functional groups attached to an aromatic ring is 1. The third kappa shape index (κ3) is 4.39. The number of carbonyl (C=O) groups is 1. The highest BCUT2D eigenvalue weighted by Crippen LogP contribution is 2.21. The first-order chi connectivity index (χ1) is 9.90. The summed E-state index contributed by atoms with van der Waals surface area (Å²) in [5.41, 5.74) is 11.4. The average molecular weight is 295 g/mol. The van der Waals surface area contributed by atoms with E-state index in [1.165, 1.54) is 17.0 Å². The van der Waals surface area contributed by atoms with Crippen molar-refractivity contribution in [2.24, 2.45) is 5.73 Å². The second kappa shape index (κ2) is 7.54. The number of hydrogen-bond donors (Lipinski definition) is 2. The number of halogens is 2. The minimum absolute atomic E-state index is 0.113. The molecule has 1 unspecified atom stereocenters. The number of nitrogens with zero attached hydrogens (tertiary/aromatic N) is 1. The molecule has 0 fully saturated rings. The molecular weight excluding hydrogens is 276 g/mol. The Bertz CT molecular complexity index is 570. The minimum Gasteiger partial charge on any atom is -0.396 e. The van der Waals surface area contributed by atoms with Crippen molar-refractivity contribution in [3.05, 3.63) is 47.2 Å². The molecule has 0 saturated carbocycles. The van der Waals surface area contributed by atoms with Crippen LogP contribution in [0.4, 0.5) is 14.5 Å². The first-order valence-corrected chi connectivity index (χ1v) is 6.45. The lowest BCUT2D eigenvalue weighted by Gasteiger charge is -2.18. The summed E-state index contributed by atoms with van der Waals surface area (Å²) in [6.07, 6.45) is 4.98. The fourth-order valence-corrected chi connectivity index (χ4v) is 1.63. The van der Waals surface area contributed by atoms with E-state index in [1.807, 2.05) is 6.92 Å². The number of carbonyl (C=O) groups excluding carboxylic acids is 1. The van der Waals surface area contributed by atoms with E-state index in [1.54, 1.807) is 19.3 Å². The van der Waals surface area contributed by atoms with Crippen LogP contribution in [0.5, 0.6) is 0 Å². The van der Waals surface area contributed by atoms with E-state index in [4.69, 9.17) is 11.5 Å². The Kier molecular flexibility index (Phi) is 6.05. The van der Waals surface area contributed by atoms with Gasteiger partial charge in [0.15, 0.2) is 12.1 Å². The summed E-state index contributed by atoms with van der Waals surface area (Å²) >= 11 is 0. The summed E-state index contributed by atoms with van der Waals surface area (Å²) < 4.78 is 27.3. The Morgan fingerprint density at radius 1 is 1.43 bits per heavy atom. The molecule has 4 N–H and O–H groups in total. The van der Waals surface area contributed by atoms with Gasteiger partial charge in [-0.15, -0.1) is 0 Å². The molecule has 0 aliphatic carbocycles. The lowest BCUT2D eigenvalue weighted by Crippen LogP contribution is -2.37. The van der Waals surface area contributed by atoms with Crippen LogP contribution in [0.1, 0.15) is 18.9 Å². The van der Waals surface area contributed by atoms with Crippen molar-refractivity contribution in [2.45, 2.75) is 19.5 Å². The molecule has 0 amide bonds. The van der Waals surface area contributed by atoms with Crippen LogP contribution in [0.3, 0.4) is 0 Å². The number of nitrogens with two attached hydrogens (primary N) is 2. The van der Waals surface area contributed by atoms with Crippen molar-refractivity contribution in [1.82, 2.24) is 4.90 Å². The summed E-state index contributed by atoms with van der Waals surface area (Å²) in [6, 6.07) is 2.29. The van der Waals surface area contributed by atoms with Gasteiger partial charge in [0.2, 0.25) is 0 Å². The Morgan fingerprint density at radius 3 is 2.67 bits per heavy atom. The molecular formula is C15H19F2N3O. The Labute approximate surface area is 122 Å². The van der Waals surface area contributed by atoms with Crippen LogP contribution in [-0.4, -0.2) is 24.4 Å². The molecule has 1 rings (SSSR count). The van der Waals surface area contributed by atoms with Crippen LogP contribution < -0.4 is 11.5 Å². The van der Waals surface area contributed by atoms with Crippen molar-refractivity contribution in [3.8, 4) is 0 Å². The highest BCUT2D eigenvalue weighted by Gasteiger charge is 2.09. The third-order valence-corrected chi connectivity index (χ3v) is 3.01. The standard InChI is InChI=1S/C15H19F2N3O/c1-3-10(8-20(2)14(19)9-21)4-5-11-12(16)6-7-13(18)15(11)17/h4-9,14H,3,18-19H2,1-2H3/b5-4?,10-8+. The molecule has 1 aromatic rings. The van der Waals surface area contributed by atoms with Crippen molar-refractivity contribution in [3.63, 3.8) is 0 Å². The maximum Gasteiger partial charge on any atom is 0.156 e. The van der Waals surface area contributed by atoms with E-state index in [0.717, 1.165) is 11.6 Å². The molecule has 4 nitrogen and oxygen atoms in total. The molecule has 0 aliphatic heterocycles. The van der Waals surface area contributed by atoms with Gasteiger partial charge in [-0.1, -0.05) is 13.0 Å². The van der Waals surface area contributed by atoms with Crippen LogP contribution in [0.2, 0.25) is 0 Å². The lowest BCUT2D eigenvalue weighted by atomic mass is 10.1. The molecule has 0 aliphatic rings. The fraction of sp³-hybridized carbons (Fsp3) is 0.267. The zero-order valence-corrected chi connectivity index (χ0v) is 12.0. The molecule has 0 radical (unpaired) electrons. The summed E-state index contributed by atoms with van der Waals surface area (Å²) in [5.74, 6) is -1.48. The molecule has 114 valence electrons. The predicted molar refractivity (Wildman–Crippen MR) is 80.0 cm³/mol. The van der Waals surface area contributed by atoms with Crippen LogP contribution in [0.15, 0.2) is 30.0 Å². The third-order valence-electron chi connectivity index (χ3n) is 3.01. The van der Waals surface area contributed by atoms with E-state index in [2.05, 4.69) is 0 Å². The quantitative estimate of drug-likeness (QED) is 0.365. The van der Waals surface area contributed by atoms with Gasteiger partial charge in [-0.3, -0.25) is 4.79 Å². The van der Waals surface area contributed by atoms with Crippen LogP contribution in [0.25, 0.3) is 6.08 Å². The molecule has 21 heavy (non-hydrogen) atoms. The van der Waals surface area contributed by atoms with E-state index in [0.29, 0.717) is 12.7 Å². The Balaban J connectivity index is 3.04. The molecule has 0 bridgehead atoms. The first-order valence-electron chi connectivity index (χ1n) is 6.45. The van der Waals surface area contributed by atoms with E-state index < -0.39 is 17.8 Å². The van der Waals surface area contributed by atoms with Crippen molar-refractivity contribution in [1.29, 1.82) is 0 Å². The summed E-state index contributed by atoms with van der Waals surface area (Å²) in [4.78, 5) is 12.1. The zero-order valence-electron chi connectivity index (χ0n) is 12.0. The summed E-state index contributed by atoms with van der Waals surface area (Å²) in [7, 11) is 1.64. The van der Waals surface area contributed by atoms with Gasteiger partial charge in [0.25, 0.3) is 0 Å². The van der Waals surface area contributed by atoms with Crippen LogP contribution in [0, 0.1) is 11.6 Å². The maximum atomic E-state index is 13.7. The van der Waals surface area contributed by atoms with Gasteiger partial charge < -0.3 is 16.4 Å². The highest BCUT2D eigenvalue weighted by molar-refractivity contribution is 5.60. The number of hydrogen-bond acceptors (Lipinski definition) is 4. The maximum absolute atomic E-state index is 13.7. The second-order valence-corrected chi connectivity index (χ2v) is 4.55. The second-order valence-electron chi connectivity index (χ2n) is 4.55. The molecule has 0 aromatic heterocycles. The fourth-order valence-electron chi connectivity index (χ4n) is 1.63. The summed E-state index contributed by atoms with van der Waals surface area (Å²) in [6.45, 7) is 1.88. The van der Waals surface area contributed by atoms with Crippen molar-refractivity contribution in [2.75, 3.05) is 12.8 Å². The smallest absolute Gasteiger partial charge is 0.156 e. The largest absolute Gasteiger partial charge is 0.396 e. The number of anilines is 1. The number of allylic oxidation sites excluding steroid dienone is 2. The van der Waals surface area contributed by atoms with Gasteiger partial charge in [-0.05, 0) is 30.2 Å². The normalized spacial score (nSPS) is 13.5. The highest BCUT2D eigenvalue weighted by atomic mass is 19.1. The number of rotatable bonds is 6. The minimum atomic E-state index is -0.792. The molecule has 0 saturated heterocycles.